The van der Waals surface area contributed by atoms with Crippen LogP contribution in [0.25, 0.3) is 0 Å². The monoisotopic (exact) mass is 182 g/mol. The largest absolute Gasteiger partial charge is 0.366 e. The third-order valence-electron chi connectivity index (χ3n) is 2.05. The van der Waals surface area contributed by atoms with E-state index in [1.54, 1.807) is 19.1 Å². The van der Waals surface area contributed by atoms with Crippen LogP contribution in [-0.4, -0.2) is 13.4 Å². The number of rotatable bonds is 3. The van der Waals surface area contributed by atoms with Gasteiger partial charge < -0.3 is 4.74 Å². The van der Waals surface area contributed by atoms with Crippen molar-refractivity contribution >= 4 is 6.29 Å². The number of benzene rings is 1. The van der Waals surface area contributed by atoms with Gasteiger partial charge in [-0.3, -0.25) is 4.79 Å². The van der Waals surface area contributed by atoms with Crippen LogP contribution in [0.4, 0.5) is 4.39 Å². The molecule has 2 nitrogen and oxygen atoms in total. The second-order valence-corrected chi connectivity index (χ2v) is 2.94. The van der Waals surface area contributed by atoms with Gasteiger partial charge in [0.05, 0.1) is 0 Å². The first kappa shape index (κ1) is 9.86. The Hall–Kier alpha value is -1.22. The highest BCUT2D eigenvalue weighted by Gasteiger charge is 2.25. The van der Waals surface area contributed by atoms with Crippen LogP contribution in [0.2, 0.25) is 0 Å². The normalized spacial score (nSPS) is 15.0. The number of halogens is 1. The number of hydrogen-bond donors (Lipinski definition) is 0. The molecule has 1 aromatic carbocycles. The van der Waals surface area contributed by atoms with Gasteiger partial charge in [-0.2, -0.15) is 0 Å². The number of carbonyl (C=O) groups excluding carboxylic acids is 1. The van der Waals surface area contributed by atoms with Crippen molar-refractivity contribution in [1.29, 1.82) is 0 Å². The van der Waals surface area contributed by atoms with Crippen LogP contribution in [0, 0.1) is 5.82 Å². The molecule has 0 saturated heterocycles. The Labute approximate surface area is 76.3 Å². The Morgan fingerprint density at radius 3 is 2.69 bits per heavy atom. The summed E-state index contributed by atoms with van der Waals surface area (Å²) in [7, 11) is 1.42. The summed E-state index contributed by atoms with van der Waals surface area (Å²) in [4.78, 5) is 10.7. The minimum atomic E-state index is -1.05. The number of carbonyl (C=O) groups is 1. The van der Waals surface area contributed by atoms with E-state index in [0.717, 1.165) is 0 Å². The Morgan fingerprint density at radius 1 is 1.54 bits per heavy atom. The zero-order valence-electron chi connectivity index (χ0n) is 7.58. The second-order valence-electron chi connectivity index (χ2n) is 2.94. The van der Waals surface area contributed by atoms with Crippen molar-refractivity contribution in [2.75, 3.05) is 7.11 Å². The van der Waals surface area contributed by atoms with Crippen molar-refractivity contribution in [3.8, 4) is 0 Å². The van der Waals surface area contributed by atoms with Crippen molar-refractivity contribution in [2.24, 2.45) is 0 Å². The maximum atomic E-state index is 12.8. The number of aldehydes is 1. The molecule has 0 fully saturated rings. The van der Waals surface area contributed by atoms with Crippen molar-refractivity contribution in [1.82, 2.24) is 0 Å². The van der Waals surface area contributed by atoms with E-state index >= 15 is 0 Å². The average Bonchev–Trinajstić information content (AvgIpc) is 2.17. The summed E-state index contributed by atoms with van der Waals surface area (Å²) in [6.07, 6.45) is 0.655. The van der Waals surface area contributed by atoms with Crippen LogP contribution < -0.4 is 0 Å². The molecular weight excluding hydrogens is 171 g/mol. The quantitative estimate of drug-likeness (QED) is 0.667. The molecule has 1 unspecified atom stereocenters. The van der Waals surface area contributed by atoms with Crippen LogP contribution >= 0.6 is 0 Å². The predicted molar refractivity (Wildman–Crippen MR) is 46.8 cm³/mol. The van der Waals surface area contributed by atoms with Gasteiger partial charge in [-0.1, -0.05) is 12.1 Å². The van der Waals surface area contributed by atoms with Crippen LogP contribution in [0.1, 0.15) is 12.5 Å². The average molecular weight is 182 g/mol. The first-order valence-electron chi connectivity index (χ1n) is 3.90. The van der Waals surface area contributed by atoms with Gasteiger partial charge in [-0.25, -0.2) is 4.39 Å². The molecule has 1 rings (SSSR count). The van der Waals surface area contributed by atoms with Gasteiger partial charge in [0.15, 0.2) is 6.29 Å². The molecule has 0 amide bonds. The van der Waals surface area contributed by atoms with E-state index in [-0.39, 0.29) is 5.82 Å². The fourth-order valence-electron chi connectivity index (χ4n) is 1.03. The zero-order valence-corrected chi connectivity index (χ0v) is 7.58. The highest BCUT2D eigenvalue weighted by Crippen LogP contribution is 2.22. The SMILES string of the molecule is COC(C)(C=O)c1cccc(F)c1. The van der Waals surface area contributed by atoms with E-state index in [9.17, 15) is 9.18 Å². The minimum Gasteiger partial charge on any atom is -0.366 e. The summed E-state index contributed by atoms with van der Waals surface area (Å²) in [5, 5.41) is 0. The molecule has 0 aromatic heterocycles. The lowest BCUT2D eigenvalue weighted by Gasteiger charge is -2.21. The van der Waals surface area contributed by atoms with Crippen molar-refractivity contribution in [3.05, 3.63) is 35.6 Å². The highest BCUT2D eigenvalue weighted by molar-refractivity contribution is 5.65. The van der Waals surface area contributed by atoms with Gasteiger partial charge >= 0.3 is 0 Å². The molecule has 0 aliphatic rings. The molecule has 1 aromatic rings. The smallest absolute Gasteiger partial charge is 0.156 e. The van der Waals surface area contributed by atoms with Gasteiger partial charge in [0.2, 0.25) is 0 Å². The predicted octanol–water partition coefficient (Wildman–Crippen LogP) is 1.89. The first-order chi connectivity index (χ1) is 6.12. The molecule has 0 radical (unpaired) electrons. The molecule has 0 N–H and O–H groups in total. The summed E-state index contributed by atoms with van der Waals surface area (Å²) in [6, 6.07) is 5.81. The van der Waals surface area contributed by atoms with Gasteiger partial charge in [0, 0.05) is 7.11 Å². The molecular formula is C10H11FO2. The molecule has 0 aliphatic heterocycles. The van der Waals surface area contributed by atoms with E-state index in [0.29, 0.717) is 11.8 Å². The lowest BCUT2D eigenvalue weighted by molar-refractivity contribution is -0.126. The molecule has 1 atom stereocenters. The Balaban J connectivity index is 3.12. The van der Waals surface area contributed by atoms with E-state index in [1.165, 1.54) is 19.2 Å². The van der Waals surface area contributed by atoms with E-state index in [1.807, 2.05) is 0 Å². The molecule has 3 heteroatoms. The third-order valence-corrected chi connectivity index (χ3v) is 2.05. The summed E-state index contributed by atoms with van der Waals surface area (Å²) in [5.74, 6) is -0.373. The maximum absolute atomic E-state index is 12.8. The van der Waals surface area contributed by atoms with Crippen molar-refractivity contribution < 1.29 is 13.9 Å². The minimum absolute atomic E-state index is 0.373. The molecule has 0 aliphatic carbocycles. The van der Waals surface area contributed by atoms with Gasteiger partial charge in [0.25, 0.3) is 0 Å². The summed E-state index contributed by atoms with van der Waals surface area (Å²) in [6.45, 7) is 1.59. The number of hydrogen-bond acceptors (Lipinski definition) is 2. The molecule has 0 bridgehead atoms. The van der Waals surface area contributed by atoms with Crippen LogP contribution in [0.3, 0.4) is 0 Å². The molecule has 0 spiro atoms. The molecule has 0 saturated carbocycles. The summed E-state index contributed by atoms with van der Waals surface area (Å²) < 4.78 is 17.8. The summed E-state index contributed by atoms with van der Waals surface area (Å²) >= 11 is 0. The maximum Gasteiger partial charge on any atom is 0.156 e. The topological polar surface area (TPSA) is 26.3 Å². The molecule has 70 valence electrons. The Kier molecular flexibility index (Phi) is 2.78. The van der Waals surface area contributed by atoms with Gasteiger partial charge in [-0.15, -0.1) is 0 Å². The van der Waals surface area contributed by atoms with Crippen molar-refractivity contribution in [2.45, 2.75) is 12.5 Å². The Bertz CT molecular complexity index is 312. The van der Waals surface area contributed by atoms with Crippen molar-refractivity contribution in [3.63, 3.8) is 0 Å². The van der Waals surface area contributed by atoms with E-state index < -0.39 is 5.60 Å². The molecule has 0 heterocycles. The standard InChI is InChI=1S/C10H11FO2/c1-10(7-12,13-2)8-4-3-5-9(11)6-8/h3-7H,1-2H3. The van der Waals surface area contributed by atoms with Crippen LogP contribution in [0.5, 0.6) is 0 Å². The molecule has 13 heavy (non-hydrogen) atoms. The highest BCUT2D eigenvalue weighted by atomic mass is 19.1. The first-order valence-corrected chi connectivity index (χ1v) is 3.90. The lowest BCUT2D eigenvalue weighted by Crippen LogP contribution is -2.26. The fourth-order valence-corrected chi connectivity index (χ4v) is 1.03. The fraction of sp³-hybridized carbons (Fsp3) is 0.300. The second kappa shape index (κ2) is 3.66. The van der Waals surface area contributed by atoms with Crippen LogP contribution in [-0.2, 0) is 15.1 Å². The van der Waals surface area contributed by atoms with Gasteiger partial charge in [0.1, 0.15) is 11.4 Å². The zero-order chi connectivity index (χ0) is 9.90. The van der Waals surface area contributed by atoms with Gasteiger partial charge in [-0.05, 0) is 24.6 Å². The van der Waals surface area contributed by atoms with E-state index in [4.69, 9.17) is 4.74 Å². The van der Waals surface area contributed by atoms with Crippen LogP contribution in [0.15, 0.2) is 24.3 Å². The number of ether oxygens (including phenoxy) is 1. The third kappa shape index (κ3) is 1.92. The Morgan fingerprint density at radius 2 is 2.23 bits per heavy atom. The lowest BCUT2D eigenvalue weighted by atomic mass is 9.97. The number of methoxy groups -OCH3 is 1. The summed E-state index contributed by atoms with van der Waals surface area (Å²) in [5.41, 5.74) is -0.535. The van der Waals surface area contributed by atoms with E-state index in [2.05, 4.69) is 0 Å².